The molecule has 0 amide bonds. The number of ether oxygens (including phenoxy) is 3. The van der Waals surface area contributed by atoms with Crippen LogP contribution in [0.3, 0.4) is 0 Å². The van der Waals surface area contributed by atoms with Crippen molar-refractivity contribution in [3.8, 4) is 11.5 Å². The molecule has 9 nitrogen and oxygen atoms in total. The van der Waals surface area contributed by atoms with E-state index in [1.165, 1.54) is 17.0 Å². The molecule has 2 aromatic carbocycles. The summed E-state index contributed by atoms with van der Waals surface area (Å²) in [6, 6.07) is 11.4. The van der Waals surface area contributed by atoms with Gasteiger partial charge >= 0.3 is 5.63 Å². The fourth-order valence-electron chi connectivity index (χ4n) is 4.43. The van der Waals surface area contributed by atoms with Gasteiger partial charge in [-0.05, 0) is 36.8 Å². The SMILES string of the molecule is Cc1cc(=O)oc2cc(OC/C=C3/Oc4ccc([N+](=O)[O-])cc4[C@@H]3[NH+]3CCOCC3)ccc12. The van der Waals surface area contributed by atoms with Gasteiger partial charge in [0, 0.05) is 29.7 Å². The van der Waals surface area contributed by atoms with Gasteiger partial charge in [-0.3, -0.25) is 10.1 Å². The van der Waals surface area contributed by atoms with E-state index in [0.717, 1.165) is 29.6 Å². The van der Waals surface area contributed by atoms with Crippen LogP contribution in [-0.4, -0.2) is 37.8 Å². The highest BCUT2D eigenvalue weighted by atomic mass is 16.6. The molecule has 2 aliphatic rings. The molecular formula is C24H23N2O7+. The van der Waals surface area contributed by atoms with Crippen LogP contribution in [0.1, 0.15) is 17.2 Å². The van der Waals surface area contributed by atoms with Crippen LogP contribution in [-0.2, 0) is 4.74 Å². The summed E-state index contributed by atoms with van der Waals surface area (Å²) < 4.78 is 22.8. The van der Waals surface area contributed by atoms with Crippen LogP contribution in [0.2, 0.25) is 0 Å². The molecule has 1 fully saturated rings. The number of morpholine rings is 1. The highest BCUT2D eigenvalue weighted by molar-refractivity contribution is 5.81. The quantitative estimate of drug-likeness (QED) is 0.361. The van der Waals surface area contributed by atoms with Crippen LogP contribution in [0.15, 0.2) is 63.5 Å². The van der Waals surface area contributed by atoms with Crippen LogP contribution >= 0.6 is 0 Å². The van der Waals surface area contributed by atoms with Crippen LogP contribution in [0.25, 0.3) is 11.0 Å². The molecule has 170 valence electrons. The summed E-state index contributed by atoms with van der Waals surface area (Å²) in [5.41, 5.74) is 1.76. The number of non-ortho nitro benzene ring substituents is 1. The minimum atomic E-state index is -0.401. The lowest BCUT2D eigenvalue weighted by Gasteiger charge is -2.29. The molecule has 5 rings (SSSR count). The standard InChI is InChI=1S/C24H22N2O7/c1-15-12-23(27)33-22-14-17(3-4-18(15)22)31-9-6-21-24(25-7-10-30-11-8-25)19-13-16(26(28)29)2-5-20(19)32-21/h2-6,12-14,24H,7-11H2,1H3/p+1/b21-6+/t24-/m0/s1. The molecule has 1 N–H and O–H groups in total. The Morgan fingerprint density at radius 2 is 2.00 bits per heavy atom. The number of hydrogen-bond acceptors (Lipinski definition) is 7. The molecule has 3 heterocycles. The summed E-state index contributed by atoms with van der Waals surface area (Å²) in [5, 5.41) is 12.2. The van der Waals surface area contributed by atoms with Gasteiger partial charge in [0.25, 0.3) is 5.69 Å². The van der Waals surface area contributed by atoms with Gasteiger partial charge in [-0.25, -0.2) is 4.79 Å². The van der Waals surface area contributed by atoms with Crippen molar-refractivity contribution in [2.24, 2.45) is 0 Å². The summed E-state index contributed by atoms with van der Waals surface area (Å²) in [7, 11) is 0. The molecule has 1 atom stereocenters. The molecule has 1 saturated heterocycles. The fourth-order valence-corrected chi connectivity index (χ4v) is 4.43. The van der Waals surface area contributed by atoms with E-state index in [4.69, 9.17) is 18.6 Å². The smallest absolute Gasteiger partial charge is 0.336 e. The Kier molecular flexibility index (Phi) is 5.57. The number of aryl methyl sites for hydroxylation is 1. The molecule has 1 aromatic heterocycles. The number of rotatable bonds is 5. The van der Waals surface area contributed by atoms with Crippen LogP contribution in [0.4, 0.5) is 5.69 Å². The normalized spacial score (nSPS) is 19.4. The van der Waals surface area contributed by atoms with Gasteiger partial charge in [0.05, 0.1) is 23.7 Å². The van der Waals surface area contributed by atoms with E-state index in [0.29, 0.717) is 36.1 Å². The van der Waals surface area contributed by atoms with Crippen molar-refractivity contribution >= 4 is 16.7 Å². The van der Waals surface area contributed by atoms with E-state index in [1.807, 2.05) is 25.1 Å². The third-order valence-corrected chi connectivity index (χ3v) is 6.03. The van der Waals surface area contributed by atoms with Gasteiger partial charge in [-0.15, -0.1) is 0 Å². The van der Waals surface area contributed by atoms with Gasteiger partial charge < -0.3 is 23.5 Å². The van der Waals surface area contributed by atoms with Gasteiger partial charge in [0.1, 0.15) is 36.8 Å². The van der Waals surface area contributed by atoms with Crippen LogP contribution < -0.4 is 20.0 Å². The number of hydrogen-bond donors (Lipinski definition) is 1. The molecule has 3 aromatic rings. The van der Waals surface area contributed by atoms with Crippen LogP contribution in [0.5, 0.6) is 11.5 Å². The lowest BCUT2D eigenvalue weighted by atomic mass is 10.0. The first kappa shape index (κ1) is 21.2. The summed E-state index contributed by atoms with van der Waals surface area (Å²) >= 11 is 0. The Balaban J connectivity index is 1.40. The number of benzene rings is 2. The molecular weight excluding hydrogens is 428 g/mol. The first-order chi connectivity index (χ1) is 16.0. The number of quaternary nitrogens is 1. The molecule has 0 bridgehead atoms. The molecule has 0 radical (unpaired) electrons. The lowest BCUT2D eigenvalue weighted by Crippen LogP contribution is -3.14. The molecule has 0 spiro atoms. The number of fused-ring (bicyclic) bond motifs is 2. The summed E-state index contributed by atoms with van der Waals surface area (Å²) in [4.78, 5) is 23.8. The zero-order chi connectivity index (χ0) is 22.9. The van der Waals surface area contributed by atoms with E-state index in [-0.39, 0.29) is 18.3 Å². The highest BCUT2D eigenvalue weighted by Gasteiger charge is 2.39. The van der Waals surface area contributed by atoms with Crippen LogP contribution in [0, 0.1) is 17.0 Å². The van der Waals surface area contributed by atoms with Crippen molar-refractivity contribution in [3.63, 3.8) is 0 Å². The Morgan fingerprint density at radius 1 is 1.18 bits per heavy atom. The van der Waals surface area contributed by atoms with Gasteiger partial charge in [0.2, 0.25) is 0 Å². The first-order valence-corrected chi connectivity index (χ1v) is 10.8. The fraction of sp³-hybridized carbons (Fsp3) is 0.292. The van der Waals surface area contributed by atoms with E-state index >= 15 is 0 Å². The maximum Gasteiger partial charge on any atom is 0.336 e. The second-order valence-corrected chi connectivity index (χ2v) is 8.11. The van der Waals surface area contributed by atoms with E-state index in [1.54, 1.807) is 18.2 Å². The molecule has 0 aliphatic carbocycles. The zero-order valence-electron chi connectivity index (χ0n) is 18.0. The van der Waals surface area contributed by atoms with E-state index < -0.39 is 10.5 Å². The Morgan fingerprint density at radius 3 is 2.79 bits per heavy atom. The maximum absolute atomic E-state index is 11.7. The number of nitro groups is 1. The Bertz CT molecular complexity index is 1310. The average Bonchev–Trinajstić information content (AvgIpc) is 3.16. The molecule has 0 saturated carbocycles. The number of nitrogens with one attached hydrogen (secondary N) is 1. The largest absolute Gasteiger partial charge is 0.489 e. The Hall–Kier alpha value is -3.69. The summed E-state index contributed by atoms with van der Waals surface area (Å²) in [6.07, 6.45) is 1.86. The predicted octanol–water partition coefficient (Wildman–Crippen LogP) is 2.32. The predicted molar refractivity (Wildman–Crippen MR) is 119 cm³/mol. The van der Waals surface area contributed by atoms with Crippen molar-refractivity contribution in [2.75, 3.05) is 32.9 Å². The maximum atomic E-state index is 11.7. The summed E-state index contributed by atoms with van der Waals surface area (Å²) in [5.74, 6) is 1.89. The summed E-state index contributed by atoms with van der Waals surface area (Å²) in [6.45, 7) is 4.89. The van der Waals surface area contributed by atoms with E-state index in [9.17, 15) is 14.9 Å². The van der Waals surface area contributed by atoms with Crippen molar-refractivity contribution in [1.82, 2.24) is 0 Å². The monoisotopic (exact) mass is 451 g/mol. The number of nitrogens with zero attached hydrogens (tertiary/aromatic N) is 1. The molecule has 2 aliphatic heterocycles. The second kappa shape index (κ2) is 8.68. The van der Waals surface area contributed by atoms with Crippen molar-refractivity contribution in [3.05, 3.63) is 86.0 Å². The van der Waals surface area contributed by atoms with Crippen molar-refractivity contribution < 1.29 is 28.5 Å². The average molecular weight is 451 g/mol. The third kappa shape index (κ3) is 4.20. The second-order valence-electron chi connectivity index (χ2n) is 8.11. The number of nitro benzene ring substituents is 1. The first-order valence-electron chi connectivity index (χ1n) is 10.8. The zero-order valence-corrected chi connectivity index (χ0v) is 18.0. The lowest BCUT2D eigenvalue weighted by molar-refractivity contribution is -0.933. The molecule has 9 heteroatoms. The minimum Gasteiger partial charge on any atom is -0.489 e. The van der Waals surface area contributed by atoms with Crippen molar-refractivity contribution in [1.29, 1.82) is 0 Å². The van der Waals surface area contributed by atoms with Gasteiger partial charge in [0.15, 0.2) is 11.8 Å². The van der Waals surface area contributed by atoms with Gasteiger partial charge in [-0.1, -0.05) is 0 Å². The minimum absolute atomic E-state index is 0.0421. The third-order valence-electron chi connectivity index (χ3n) is 6.03. The van der Waals surface area contributed by atoms with Crippen molar-refractivity contribution in [2.45, 2.75) is 13.0 Å². The topological polar surface area (TPSA) is 105 Å². The Labute approximate surface area is 188 Å². The van der Waals surface area contributed by atoms with E-state index in [2.05, 4.69) is 0 Å². The molecule has 0 unspecified atom stereocenters. The van der Waals surface area contributed by atoms with Gasteiger partial charge in [-0.2, -0.15) is 0 Å². The highest BCUT2D eigenvalue weighted by Crippen LogP contribution is 2.39. The molecule has 33 heavy (non-hydrogen) atoms.